The highest BCUT2D eigenvalue weighted by Crippen LogP contribution is 2.56. The summed E-state index contributed by atoms with van der Waals surface area (Å²) in [7, 11) is 1.74. The SMILES string of the molecule is CCCC12CN3CC(CCC)(CN(C1)C3c1cc(Br)ccc1OC)C2=O. The van der Waals surface area contributed by atoms with Gasteiger partial charge in [0.05, 0.1) is 24.1 Å². The van der Waals surface area contributed by atoms with Crippen LogP contribution in [0.5, 0.6) is 5.75 Å². The first-order valence-electron chi connectivity index (χ1n) is 9.85. The number of rotatable bonds is 6. The van der Waals surface area contributed by atoms with Crippen molar-refractivity contribution in [2.24, 2.45) is 10.8 Å². The standard InChI is InChI=1S/C21H29BrN2O2/c1-4-8-20-11-23-13-21(9-5-2,19(20)25)14-24(12-20)18(23)16-10-15(22)6-7-17(16)26-3/h6-7,10,18H,4-5,8-9,11-14H2,1-3H3. The van der Waals surface area contributed by atoms with Crippen molar-refractivity contribution in [2.75, 3.05) is 33.3 Å². The zero-order chi connectivity index (χ0) is 18.5. The first-order valence-corrected chi connectivity index (χ1v) is 10.6. The maximum absolute atomic E-state index is 13.5. The summed E-state index contributed by atoms with van der Waals surface area (Å²) in [5.41, 5.74) is 0.873. The molecule has 4 aliphatic heterocycles. The van der Waals surface area contributed by atoms with Gasteiger partial charge in [-0.3, -0.25) is 14.6 Å². The molecule has 4 nitrogen and oxygen atoms in total. The van der Waals surface area contributed by atoms with Crippen LogP contribution in [0, 0.1) is 10.8 Å². The maximum atomic E-state index is 13.5. The zero-order valence-corrected chi connectivity index (χ0v) is 17.6. The number of carbonyl (C=O) groups is 1. The van der Waals surface area contributed by atoms with Gasteiger partial charge in [0.2, 0.25) is 0 Å². The molecule has 0 saturated carbocycles. The molecule has 4 aliphatic rings. The molecule has 0 aromatic heterocycles. The molecule has 1 aromatic carbocycles. The van der Waals surface area contributed by atoms with Gasteiger partial charge in [0.1, 0.15) is 11.5 Å². The summed E-state index contributed by atoms with van der Waals surface area (Å²) in [6, 6.07) is 6.26. The molecule has 0 atom stereocenters. The third kappa shape index (κ3) is 2.58. The molecule has 26 heavy (non-hydrogen) atoms. The average molecular weight is 421 g/mol. The van der Waals surface area contributed by atoms with Gasteiger partial charge in [0.15, 0.2) is 0 Å². The van der Waals surface area contributed by atoms with Crippen LogP contribution >= 0.6 is 15.9 Å². The van der Waals surface area contributed by atoms with Gasteiger partial charge < -0.3 is 4.74 Å². The Kier molecular flexibility index (Phi) is 4.69. The number of halogens is 1. The largest absolute Gasteiger partial charge is 0.496 e. The molecule has 142 valence electrons. The normalized spacial score (nSPS) is 38.0. The van der Waals surface area contributed by atoms with Crippen LogP contribution in [0.2, 0.25) is 0 Å². The van der Waals surface area contributed by atoms with Gasteiger partial charge in [-0.15, -0.1) is 0 Å². The fourth-order valence-electron chi connectivity index (χ4n) is 5.99. The van der Waals surface area contributed by atoms with Gasteiger partial charge in [-0.2, -0.15) is 0 Å². The second kappa shape index (κ2) is 6.61. The maximum Gasteiger partial charge on any atom is 0.150 e. The minimum Gasteiger partial charge on any atom is -0.496 e. The van der Waals surface area contributed by atoms with Crippen molar-refractivity contribution < 1.29 is 9.53 Å². The van der Waals surface area contributed by atoms with E-state index in [9.17, 15) is 4.79 Å². The van der Waals surface area contributed by atoms with Crippen molar-refractivity contribution in [3.8, 4) is 5.75 Å². The molecule has 4 fully saturated rings. The smallest absolute Gasteiger partial charge is 0.150 e. The molecular weight excluding hydrogens is 392 g/mol. The highest BCUT2D eigenvalue weighted by Gasteiger charge is 2.64. The van der Waals surface area contributed by atoms with Crippen molar-refractivity contribution in [3.05, 3.63) is 28.2 Å². The number of hydrogen-bond donors (Lipinski definition) is 0. The van der Waals surface area contributed by atoms with Gasteiger partial charge in [0.25, 0.3) is 0 Å². The van der Waals surface area contributed by atoms with E-state index >= 15 is 0 Å². The van der Waals surface area contributed by atoms with Crippen molar-refractivity contribution in [2.45, 2.75) is 45.7 Å². The second-order valence-corrected chi connectivity index (χ2v) is 9.38. The summed E-state index contributed by atoms with van der Waals surface area (Å²) < 4.78 is 6.76. The molecule has 0 radical (unpaired) electrons. The van der Waals surface area contributed by atoms with Crippen molar-refractivity contribution >= 4 is 21.7 Å². The predicted octanol–water partition coefficient (Wildman–Crippen LogP) is 4.24. The summed E-state index contributed by atoms with van der Waals surface area (Å²) in [5, 5.41) is 0. The minimum atomic E-state index is -0.170. The summed E-state index contributed by atoms with van der Waals surface area (Å²) in [5.74, 6) is 1.49. The Balaban J connectivity index is 1.76. The first kappa shape index (κ1) is 18.5. The molecule has 0 N–H and O–H groups in total. The van der Waals surface area contributed by atoms with Crippen molar-refractivity contribution in [3.63, 3.8) is 0 Å². The van der Waals surface area contributed by atoms with Crippen molar-refractivity contribution in [1.29, 1.82) is 0 Å². The molecule has 0 spiro atoms. The van der Waals surface area contributed by atoms with Crippen LogP contribution in [0.1, 0.15) is 51.3 Å². The molecule has 0 aliphatic carbocycles. The molecule has 5 rings (SSSR count). The summed E-state index contributed by atoms with van der Waals surface area (Å²) in [4.78, 5) is 18.7. The number of benzene rings is 1. The Labute approximate surface area is 165 Å². The number of nitrogens with zero attached hydrogens (tertiary/aromatic N) is 2. The zero-order valence-electron chi connectivity index (χ0n) is 16.1. The summed E-state index contributed by atoms with van der Waals surface area (Å²) >= 11 is 3.63. The van der Waals surface area contributed by atoms with E-state index in [0.717, 1.165) is 62.1 Å². The Morgan fingerprint density at radius 3 is 2.08 bits per heavy atom. The van der Waals surface area contributed by atoms with Gasteiger partial charge in [-0.05, 0) is 31.0 Å². The fraction of sp³-hybridized carbons (Fsp3) is 0.667. The van der Waals surface area contributed by atoms with Crippen LogP contribution in [-0.2, 0) is 4.79 Å². The average Bonchev–Trinajstić information content (AvgIpc) is 2.59. The number of hydrogen-bond acceptors (Lipinski definition) is 4. The van der Waals surface area contributed by atoms with Crippen LogP contribution < -0.4 is 4.74 Å². The van der Waals surface area contributed by atoms with Crippen LogP contribution in [0.15, 0.2) is 22.7 Å². The lowest BCUT2D eigenvalue weighted by Gasteiger charge is -2.66. The Hall–Kier alpha value is -0.910. The highest BCUT2D eigenvalue weighted by molar-refractivity contribution is 9.10. The molecule has 0 unspecified atom stereocenters. The number of piperidine rings is 2. The lowest BCUT2D eigenvalue weighted by molar-refractivity contribution is -0.205. The number of ketones is 1. The van der Waals surface area contributed by atoms with E-state index < -0.39 is 0 Å². The molecule has 5 heteroatoms. The molecule has 4 bridgehead atoms. The van der Waals surface area contributed by atoms with Crippen LogP contribution in [0.4, 0.5) is 0 Å². The van der Waals surface area contributed by atoms with E-state index in [2.05, 4.69) is 45.6 Å². The van der Waals surface area contributed by atoms with Gasteiger partial charge in [0, 0.05) is 36.2 Å². The van der Waals surface area contributed by atoms with Crippen LogP contribution in [0.25, 0.3) is 0 Å². The quantitative estimate of drug-likeness (QED) is 0.688. The molecule has 4 heterocycles. The van der Waals surface area contributed by atoms with E-state index in [1.54, 1.807) is 7.11 Å². The lowest BCUT2D eigenvalue weighted by atomic mass is 9.57. The van der Waals surface area contributed by atoms with Gasteiger partial charge in [-0.1, -0.05) is 42.6 Å². The topological polar surface area (TPSA) is 32.8 Å². The monoisotopic (exact) mass is 420 g/mol. The van der Waals surface area contributed by atoms with Crippen LogP contribution in [-0.4, -0.2) is 48.9 Å². The number of carbonyl (C=O) groups excluding carboxylic acids is 1. The third-order valence-electron chi connectivity index (χ3n) is 6.61. The Morgan fingerprint density at radius 1 is 1.08 bits per heavy atom. The molecule has 0 amide bonds. The fourth-order valence-corrected chi connectivity index (χ4v) is 6.37. The van der Waals surface area contributed by atoms with Crippen LogP contribution in [0.3, 0.4) is 0 Å². The number of ether oxygens (including phenoxy) is 1. The van der Waals surface area contributed by atoms with E-state index in [-0.39, 0.29) is 17.0 Å². The predicted molar refractivity (Wildman–Crippen MR) is 106 cm³/mol. The molecular formula is C21H29BrN2O2. The first-order chi connectivity index (χ1) is 12.5. The van der Waals surface area contributed by atoms with E-state index in [0.29, 0.717) is 5.78 Å². The van der Waals surface area contributed by atoms with Crippen molar-refractivity contribution in [1.82, 2.24) is 9.80 Å². The Morgan fingerprint density at radius 2 is 1.62 bits per heavy atom. The van der Waals surface area contributed by atoms with E-state index in [1.807, 2.05) is 12.1 Å². The summed E-state index contributed by atoms with van der Waals surface area (Å²) in [6.45, 7) is 7.98. The highest BCUT2D eigenvalue weighted by atomic mass is 79.9. The lowest BCUT2D eigenvalue weighted by Crippen LogP contribution is -2.76. The third-order valence-corrected chi connectivity index (χ3v) is 7.10. The molecule has 4 saturated heterocycles. The Bertz CT molecular complexity index is 676. The van der Waals surface area contributed by atoms with E-state index in [1.165, 1.54) is 5.56 Å². The van der Waals surface area contributed by atoms with Gasteiger partial charge in [-0.25, -0.2) is 0 Å². The minimum absolute atomic E-state index is 0.170. The molecule has 1 aromatic rings. The van der Waals surface area contributed by atoms with E-state index in [4.69, 9.17) is 4.74 Å². The van der Waals surface area contributed by atoms with Gasteiger partial charge >= 0.3 is 0 Å². The summed E-state index contributed by atoms with van der Waals surface area (Å²) in [6.07, 6.45) is 4.37. The number of Topliss-reactive ketones (excluding diaryl/α,β-unsaturated/α-hetero) is 1. The number of methoxy groups -OCH3 is 1. The second-order valence-electron chi connectivity index (χ2n) is 8.46.